The molecule has 150 valence electrons. The van der Waals surface area contributed by atoms with Crippen molar-refractivity contribution in [1.82, 2.24) is 25.1 Å². The minimum Gasteiger partial charge on any atom is -0.345 e. The summed E-state index contributed by atoms with van der Waals surface area (Å²) in [5, 5.41) is 16.8. The van der Waals surface area contributed by atoms with Crippen LogP contribution in [-0.2, 0) is 17.9 Å². The topological polar surface area (TPSA) is 102 Å². The molecule has 8 nitrogen and oxygen atoms in total. The van der Waals surface area contributed by atoms with Crippen LogP contribution in [0.3, 0.4) is 0 Å². The van der Waals surface area contributed by atoms with Crippen LogP contribution in [0.5, 0.6) is 0 Å². The van der Waals surface area contributed by atoms with E-state index in [1.807, 2.05) is 10.6 Å². The number of halogens is 1. The molecule has 11 heteroatoms. The first kappa shape index (κ1) is 21.2. The fourth-order valence-corrected chi connectivity index (χ4v) is 4.12. The number of carbonyl (C=O) groups is 2. The van der Waals surface area contributed by atoms with E-state index < -0.39 is 0 Å². The van der Waals surface area contributed by atoms with Gasteiger partial charge in [-0.25, -0.2) is 4.98 Å². The number of hydrogen-bond acceptors (Lipinski definition) is 7. The van der Waals surface area contributed by atoms with Crippen molar-refractivity contribution < 1.29 is 9.59 Å². The maximum Gasteiger partial charge on any atom is 0.252 e. The lowest BCUT2D eigenvalue weighted by atomic mass is 10.2. The Morgan fingerprint density at radius 1 is 1.31 bits per heavy atom. The van der Waals surface area contributed by atoms with Gasteiger partial charge in [0, 0.05) is 22.6 Å². The molecular formula is C18H17BrN6O2S2. The molecule has 2 aromatic heterocycles. The Morgan fingerprint density at radius 2 is 2.14 bits per heavy atom. The second-order valence-corrected chi connectivity index (χ2v) is 8.33. The molecule has 0 fully saturated rings. The van der Waals surface area contributed by atoms with Gasteiger partial charge in [0.2, 0.25) is 5.91 Å². The molecular weight excluding hydrogens is 476 g/mol. The summed E-state index contributed by atoms with van der Waals surface area (Å²) in [5.74, 6) is 0.343. The third-order valence-electron chi connectivity index (χ3n) is 3.64. The van der Waals surface area contributed by atoms with Crippen LogP contribution in [-0.4, -0.2) is 37.3 Å². The first-order valence-corrected chi connectivity index (χ1v) is 11.1. The predicted molar refractivity (Wildman–Crippen MR) is 117 cm³/mol. The summed E-state index contributed by atoms with van der Waals surface area (Å²) < 4.78 is 2.53. The molecule has 0 radical (unpaired) electrons. The molecule has 0 aliphatic carbocycles. The SMILES string of the molecule is C=CCn1c(CNC(=O)c2ccccc2Br)nnc1SCC(=O)Nc1nccs1. The smallest absolute Gasteiger partial charge is 0.252 e. The van der Waals surface area contributed by atoms with E-state index in [0.29, 0.717) is 32.7 Å². The highest BCUT2D eigenvalue weighted by Gasteiger charge is 2.16. The Hall–Kier alpha value is -2.50. The lowest BCUT2D eigenvalue weighted by Crippen LogP contribution is -2.25. The van der Waals surface area contributed by atoms with Gasteiger partial charge >= 0.3 is 0 Å². The zero-order chi connectivity index (χ0) is 20.6. The summed E-state index contributed by atoms with van der Waals surface area (Å²) in [6, 6.07) is 7.18. The number of rotatable bonds is 9. The van der Waals surface area contributed by atoms with E-state index in [9.17, 15) is 9.59 Å². The van der Waals surface area contributed by atoms with Gasteiger partial charge in [0.15, 0.2) is 16.1 Å². The van der Waals surface area contributed by atoms with Gasteiger partial charge in [0.05, 0.1) is 17.9 Å². The second-order valence-electron chi connectivity index (χ2n) is 5.63. The number of nitrogens with one attached hydrogen (secondary N) is 2. The van der Waals surface area contributed by atoms with Crippen molar-refractivity contribution in [3.8, 4) is 0 Å². The number of thiazole rings is 1. The van der Waals surface area contributed by atoms with Gasteiger partial charge in [-0.15, -0.1) is 28.1 Å². The lowest BCUT2D eigenvalue weighted by Gasteiger charge is -2.09. The molecule has 0 saturated carbocycles. The number of carbonyl (C=O) groups excluding carboxylic acids is 2. The molecule has 3 aromatic rings. The van der Waals surface area contributed by atoms with Crippen molar-refractivity contribution in [2.75, 3.05) is 11.1 Å². The van der Waals surface area contributed by atoms with Crippen LogP contribution in [0.4, 0.5) is 5.13 Å². The number of nitrogens with zero attached hydrogens (tertiary/aromatic N) is 4. The Balaban J connectivity index is 1.62. The standard InChI is InChI=1S/C18H17BrN6O2S2/c1-2-8-25-14(10-21-16(27)12-5-3-4-6-13(12)19)23-24-18(25)29-11-15(26)22-17-20-7-9-28-17/h2-7,9H,1,8,10-11H2,(H,21,27)(H,20,22,26). The van der Waals surface area contributed by atoms with Crippen molar-refractivity contribution in [3.05, 3.63) is 64.4 Å². The van der Waals surface area contributed by atoms with Crippen LogP contribution in [0.1, 0.15) is 16.2 Å². The van der Waals surface area contributed by atoms with Gasteiger partial charge in [-0.1, -0.05) is 30.0 Å². The molecule has 0 spiro atoms. The summed E-state index contributed by atoms with van der Waals surface area (Å²) in [6.45, 7) is 4.42. The number of aromatic nitrogens is 4. The second kappa shape index (κ2) is 10.3. The fraction of sp³-hybridized carbons (Fsp3) is 0.167. The molecule has 0 saturated heterocycles. The van der Waals surface area contributed by atoms with E-state index >= 15 is 0 Å². The number of thioether (sulfide) groups is 1. The monoisotopic (exact) mass is 492 g/mol. The number of amides is 2. The first-order chi connectivity index (χ1) is 14.1. The van der Waals surface area contributed by atoms with Crippen LogP contribution in [0.15, 0.2) is 58.1 Å². The van der Waals surface area contributed by atoms with E-state index in [0.717, 1.165) is 0 Å². The maximum absolute atomic E-state index is 12.4. The van der Waals surface area contributed by atoms with E-state index in [4.69, 9.17) is 0 Å². The van der Waals surface area contributed by atoms with Gasteiger partial charge in [-0.05, 0) is 28.1 Å². The van der Waals surface area contributed by atoms with E-state index in [1.54, 1.807) is 35.9 Å². The molecule has 1 aromatic carbocycles. The third-order valence-corrected chi connectivity index (χ3v) is 5.99. The van der Waals surface area contributed by atoms with Crippen LogP contribution in [0.25, 0.3) is 0 Å². The predicted octanol–water partition coefficient (Wildman–Crippen LogP) is 3.34. The molecule has 0 unspecified atom stereocenters. The minimum absolute atomic E-state index is 0.165. The summed E-state index contributed by atoms with van der Waals surface area (Å²) >= 11 is 5.98. The zero-order valence-electron chi connectivity index (χ0n) is 15.2. The number of anilines is 1. The molecule has 0 bridgehead atoms. The highest BCUT2D eigenvalue weighted by atomic mass is 79.9. The van der Waals surface area contributed by atoms with Crippen molar-refractivity contribution in [2.45, 2.75) is 18.2 Å². The molecule has 2 amide bonds. The van der Waals surface area contributed by atoms with E-state index in [-0.39, 0.29) is 24.1 Å². The molecule has 29 heavy (non-hydrogen) atoms. The summed E-state index contributed by atoms with van der Waals surface area (Å²) in [4.78, 5) is 28.5. The lowest BCUT2D eigenvalue weighted by molar-refractivity contribution is -0.113. The van der Waals surface area contributed by atoms with Crippen LogP contribution in [0.2, 0.25) is 0 Å². The quantitative estimate of drug-likeness (QED) is 0.350. The largest absolute Gasteiger partial charge is 0.345 e. The minimum atomic E-state index is -0.220. The van der Waals surface area contributed by atoms with Gasteiger partial charge < -0.3 is 15.2 Å². The summed E-state index contributed by atoms with van der Waals surface area (Å²) in [5.41, 5.74) is 0.538. The van der Waals surface area contributed by atoms with Crippen LogP contribution in [0, 0.1) is 0 Å². The highest BCUT2D eigenvalue weighted by Crippen LogP contribution is 2.19. The zero-order valence-corrected chi connectivity index (χ0v) is 18.4. The Morgan fingerprint density at radius 3 is 2.86 bits per heavy atom. The van der Waals surface area contributed by atoms with Crippen molar-refractivity contribution in [3.63, 3.8) is 0 Å². The number of benzene rings is 1. The van der Waals surface area contributed by atoms with Gasteiger partial charge in [-0.3, -0.25) is 9.59 Å². The third kappa shape index (κ3) is 5.75. The van der Waals surface area contributed by atoms with Crippen LogP contribution < -0.4 is 10.6 Å². The summed E-state index contributed by atoms with van der Waals surface area (Å²) in [7, 11) is 0. The Labute approximate surface area is 184 Å². The first-order valence-electron chi connectivity index (χ1n) is 8.46. The fourth-order valence-electron chi connectivity index (χ4n) is 2.34. The molecule has 0 atom stereocenters. The Bertz CT molecular complexity index is 1010. The molecule has 2 heterocycles. The average molecular weight is 493 g/mol. The normalized spacial score (nSPS) is 10.5. The average Bonchev–Trinajstić information content (AvgIpc) is 3.35. The molecule has 0 aliphatic rings. The highest BCUT2D eigenvalue weighted by molar-refractivity contribution is 9.10. The molecule has 0 aliphatic heterocycles. The van der Waals surface area contributed by atoms with E-state index in [1.165, 1.54) is 23.1 Å². The van der Waals surface area contributed by atoms with Crippen molar-refractivity contribution in [1.29, 1.82) is 0 Å². The van der Waals surface area contributed by atoms with Gasteiger partial charge in [0.25, 0.3) is 5.91 Å². The number of allylic oxidation sites excluding steroid dienone is 1. The Kier molecular flexibility index (Phi) is 7.55. The van der Waals surface area contributed by atoms with Crippen molar-refractivity contribution in [2.24, 2.45) is 0 Å². The van der Waals surface area contributed by atoms with Gasteiger partial charge in [-0.2, -0.15) is 0 Å². The molecule has 2 N–H and O–H groups in total. The van der Waals surface area contributed by atoms with E-state index in [2.05, 4.69) is 48.3 Å². The van der Waals surface area contributed by atoms with Crippen molar-refractivity contribution >= 4 is 56.0 Å². The molecule has 3 rings (SSSR count). The number of hydrogen-bond donors (Lipinski definition) is 2. The summed E-state index contributed by atoms with van der Waals surface area (Å²) in [6.07, 6.45) is 3.34. The van der Waals surface area contributed by atoms with Gasteiger partial charge in [0.1, 0.15) is 0 Å². The maximum atomic E-state index is 12.4. The van der Waals surface area contributed by atoms with Crippen LogP contribution >= 0.6 is 39.0 Å².